The van der Waals surface area contributed by atoms with Crippen molar-refractivity contribution < 1.29 is 19.0 Å². The normalized spacial score (nSPS) is 17.4. The van der Waals surface area contributed by atoms with Crippen LogP contribution in [0.25, 0.3) is 0 Å². The molecule has 0 bridgehead atoms. The number of thioether (sulfide) groups is 1. The average Bonchev–Trinajstić information content (AvgIpc) is 3.16. The molecule has 0 N–H and O–H groups in total. The highest BCUT2D eigenvalue weighted by Gasteiger charge is 2.34. The average molecular weight is 415 g/mol. The van der Waals surface area contributed by atoms with Gasteiger partial charge in [0.1, 0.15) is 5.75 Å². The Balaban J connectivity index is 1.74. The fourth-order valence-corrected chi connectivity index (χ4v) is 4.27. The number of rotatable bonds is 8. The molecular weight excluding hydrogens is 388 g/mol. The zero-order valence-corrected chi connectivity index (χ0v) is 17.8. The molecule has 3 rings (SSSR count). The van der Waals surface area contributed by atoms with Crippen molar-refractivity contribution >= 4 is 28.5 Å². The Morgan fingerprint density at radius 1 is 1.10 bits per heavy atom. The number of hydrogen-bond donors (Lipinski definition) is 0. The minimum absolute atomic E-state index is 0.0667. The van der Waals surface area contributed by atoms with Crippen molar-refractivity contribution in [1.82, 2.24) is 4.90 Å². The molecule has 2 aromatic rings. The molecule has 1 amide bonds. The molecule has 0 aromatic heterocycles. The summed E-state index contributed by atoms with van der Waals surface area (Å²) in [6.45, 7) is 4.46. The highest BCUT2D eigenvalue weighted by Crippen LogP contribution is 2.30. The standard InChI is InChI=1S/C22H26N2O4S/c1-4-17-15-29-22(23-16-10-12-18(26-3)13-11-16)24(17)21(25)14-28-20-9-7-6-8-19(20)27-5-2/h6-13,17H,4-5,14-15H2,1-3H3/t17-/m0/s1. The second-order valence-corrected chi connectivity index (χ2v) is 7.38. The third kappa shape index (κ3) is 5.23. The molecule has 0 saturated carbocycles. The van der Waals surface area contributed by atoms with Crippen LogP contribution in [0.15, 0.2) is 53.5 Å². The van der Waals surface area contributed by atoms with E-state index in [0.717, 1.165) is 23.6 Å². The molecule has 0 spiro atoms. The molecule has 0 unspecified atom stereocenters. The Labute approximate surface area is 175 Å². The number of methoxy groups -OCH3 is 1. The molecule has 1 fully saturated rings. The monoisotopic (exact) mass is 414 g/mol. The van der Waals surface area contributed by atoms with Gasteiger partial charge < -0.3 is 14.2 Å². The van der Waals surface area contributed by atoms with Gasteiger partial charge in [0.2, 0.25) is 0 Å². The number of hydrogen-bond acceptors (Lipinski definition) is 6. The first-order valence-corrected chi connectivity index (χ1v) is 10.7. The van der Waals surface area contributed by atoms with Gasteiger partial charge in [-0.05, 0) is 49.7 Å². The molecule has 6 nitrogen and oxygen atoms in total. The van der Waals surface area contributed by atoms with Crippen LogP contribution in [0.5, 0.6) is 17.2 Å². The fraction of sp³-hybridized carbons (Fsp3) is 0.364. The molecule has 1 aliphatic heterocycles. The van der Waals surface area contributed by atoms with Gasteiger partial charge in [-0.15, -0.1) is 0 Å². The molecule has 29 heavy (non-hydrogen) atoms. The van der Waals surface area contributed by atoms with E-state index in [4.69, 9.17) is 14.2 Å². The Morgan fingerprint density at radius 2 is 1.79 bits per heavy atom. The summed E-state index contributed by atoms with van der Waals surface area (Å²) in [5, 5.41) is 0.703. The van der Waals surface area contributed by atoms with Gasteiger partial charge in [0.15, 0.2) is 23.3 Å². The van der Waals surface area contributed by atoms with Crippen LogP contribution in [0.3, 0.4) is 0 Å². The van der Waals surface area contributed by atoms with Crippen LogP contribution in [-0.4, -0.2) is 48.1 Å². The van der Waals surface area contributed by atoms with E-state index in [2.05, 4.69) is 11.9 Å². The number of carbonyl (C=O) groups is 1. The van der Waals surface area contributed by atoms with Crippen molar-refractivity contribution in [3.05, 3.63) is 48.5 Å². The molecule has 7 heteroatoms. The van der Waals surface area contributed by atoms with Gasteiger partial charge in [0.25, 0.3) is 5.91 Å². The number of para-hydroxylation sites is 2. The van der Waals surface area contributed by atoms with Gasteiger partial charge in [-0.3, -0.25) is 9.69 Å². The van der Waals surface area contributed by atoms with E-state index in [9.17, 15) is 4.79 Å². The van der Waals surface area contributed by atoms with Crippen LogP contribution >= 0.6 is 11.8 Å². The zero-order valence-electron chi connectivity index (χ0n) is 17.0. The van der Waals surface area contributed by atoms with E-state index in [1.165, 1.54) is 0 Å². The number of ether oxygens (including phenoxy) is 3. The number of nitrogens with zero attached hydrogens (tertiary/aromatic N) is 2. The predicted molar refractivity (Wildman–Crippen MR) is 117 cm³/mol. The minimum Gasteiger partial charge on any atom is -0.497 e. The van der Waals surface area contributed by atoms with E-state index < -0.39 is 0 Å². The predicted octanol–water partition coefficient (Wildman–Crippen LogP) is 4.51. The van der Waals surface area contributed by atoms with E-state index in [0.29, 0.717) is 23.3 Å². The quantitative estimate of drug-likeness (QED) is 0.636. The van der Waals surface area contributed by atoms with Gasteiger partial charge in [0.05, 0.1) is 19.4 Å². The second-order valence-electron chi connectivity index (χ2n) is 6.40. The Bertz CT molecular complexity index is 854. The SMILES string of the molecule is CCOc1ccccc1OCC(=O)N1C(=Nc2ccc(OC)cc2)SC[C@@H]1CC. The Hall–Kier alpha value is -2.67. The molecule has 1 aliphatic rings. The summed E-state index contributed by atoms with van der Waals surface area (Å²) < 4.78 is 16.5. The van der Waals surface area contributed by atoms with E-state index in [-0.39, 0.29) is 18.6 Å². The third-order valence-electron chi connectivity index (χ3n) is 4.51. The first-order chi connectivity index (χ1) is 14.2. The summed E-state index contributed by atoms with van der Waals surface area (Å²) in [4.78, 5) is 19.5. The lowest BCUT2D eigenvalue weighted by Crippen LogP contribution is -2.41. The lowest BCUT2D eigenvalue weighted by Gasteiger charge is -2.23. The summed E-state index contributed by atoms with van der Waals surface area (Å²) in [6, 6.07) is 15.0. The zero-order chi connectivity index (χ0) is 20.6. The summed E-state index contributed by atoms with van der Waals surface area (Å²) in [6.07, 6.45) is 0.857. The highest BCUT2D eigenvalue weighted by atomic mass is 32.2. The molecule has 1 saturated heterocycles. The van der Waals surface area contributed by atoms with Crippen molar-refractivity contribution in [3.63, 3.8) is 0 Å². The van der Waals surface area contributed by atoms with Gasteiger partial charge in [-0.25, -0.2) is 4.99 Å². The van der Waals surface area contributed by atoms with Crippen LogP contribution in [0, 0.1) is 0 Å². The van der Waals surface area contributed by atoms with Crippen molar-refractivity contribution in [3.8, 4) is 17.2 Å². The topological polar surface area (TPSA) is 60.4 Å². The molecule has 154 valence electrons. The number of amidine groups is 1. The van der Waals surface area contributed by atoms with E-state index in [1.54, 1.807) is 29.8 Å². The molecular formula is C22H26N2O4S. The van der Waals surface area contributed by atoms with Crippen LogP contribution < -0.4 is 14.2 Å². The molecule has 1 heterocycles. The summed E-state index contributed by atoms with van der Waals surface area (Å²) in [7, 11) is 1.63. The van der Waals surface area contributed by atoms with Crippen LogP contribution in [0.1, 0.15) is 20.3 Å². The van der Waals surface area contributed by atoms with Crippen molar-refractivity contribution in [1.29, 1.82) is 0 Å². The maximum Gasteiger partial charge on any atom is 0.266 e. The van der Waals surface area contributed by atoms with Crippen molar-refractivity contribution in [2.24, 2.45) is 4.99 Å². The van der Waals surface area contributed by atoms with Gasteiger partial charge in [-0.1, -0.05) is 30.8 Å². The van der Waals surface area contributed by atoms with Gasteiger partial charge in [-0.2, -0.15) is 0 Å². The smallest absolute Gasteiger partial charge is 0.266 e. The summed E-state index contributed by atoms with van der Waals surface area (Å²) in [5.41, 5.74) is 0.783. The fourth-order valence-electron chi connectivity index (χ4n) is 2.99. The van der Waals surface area contributed by atoms with Crippen molar-refractivity contribution in [2.45, 2.75) is 26.3 Å². The second kappa shape index (κ2) is 10.2. The maximum atomic E-state index is 13.0. The lowest BCUT2D eigenvalue weighted by atomic mass is 10.2. The molecule has 1 atom stereocenters. The van der Waals surface area contributed by atoms with Crippen LogP contribution in [0.2, 0.25) is 0 Å². The maximum absolute atomic E-state index is 13.0. The number of aliphatic imine (C=N–C) groups is 1. The first-order valence-electron chi connectivity index (χ1n) is 9.68. The minimum atomic E-state index is -0.111. The molecule has 0 aliphatic carbocycles. The number of carbonyl (C=O) groups excluding carboxylic acids is 1. The van der Waals surface area contributed by atoms with Gasteiger partial charge in [0, 0.05) is 11.8 Å². The molecule has 2 aromatic carbocycles. The Morgan fingerprint density at radius 3 is 2.41 bits per heavy atom. The lowest BCUT2D eigenvalue weighted by molar-refractivity contribution is -0.130. The van der Waals surface area contributed by atoms with Crippen molar-refractivity contribution in [2.75, 3.05) is 26.1 Å². The van der Waals surface area contributed by atoms with Crippen LogP contribution in [-0.2, 0) is 4.79 Å². The number of benzene rings is 2. The summed E-state index contributed by atoms with van der Waals surface area (Å²) >= 11 is 1.59. The molecule has 0 radical (unpaired) electrons. The first kappa shape index (κ1) is 21.0. The highest BCUT2D eigenvalue weighted by molar-refractivity contribution is 8.14. The third-order valence-corrected chi connectivity index (χ3v) is 5.61. The van der Waals surface area contributed by atoms with Crippen LogP contribution in [0.4, 0.5) is 5.69 Å². The largest absolute Gasteiger partial charge is 0.497 e. The van der Waals surface area contributed by atoms with E-state index in [1.807, 2.05) is 49.4 Å². The van der Waals surface area contributed by atoms with E-state index >= 15 is 0 Å². The van der Waals surface area contributed by atoms with Gasteiger partial charge >= 0.3 is 0 Å². The Kier molecular flexibility index (Phi) is 7.41. The summed E-state index contributed by atoms with van der Waals surface area (Å²) in [5.74, 6) is 2.69. The number of amides is 1.